The van der Waals surface area contributed by atoms with E-state index >= 15 is 0 Å². The molecule has 4 aromatic rings. The van der Waals surface area contributed by atoms with Crippen LogP contribution in [0.4, 0.5) is 17.5 Å². The number of nitrogens with zero attached hydrogens (tertiary/aromatic N) is 2. The summed E-state index contributed by atoms with van der Waals surface area (Å²) in [6, 6.07) is 15.5. The number of rotatable bonds is 7. The Morgan fingerprint density at radius 1 is 1.14 bits per heavy atom. The molecule has 0 radical (unpaired) electrons. The summed E-state index contributed by atoms with van der Waals surface area (Å²) >= 11 is 6.09. The molecular weight excluding hydrogens is 374 g/mol. The Kier molecular flexibility index (Phi) is 5.30. The van der Waals surface area contributed by atoms with Crippen molar-refractivity contribution in [3.63, 3.8) is 0 Å². The topological polar surface area (TPSA) is 74.9 Å². The second-order valence-electron chi connectivity index (χ2n) is 6.27. The molecule has 0 aliphatic heterocycles. The summed E-state index contributed by atoms with van der Waals surface area (Å²) in [6.07, 6.45) is 4.63. The van der Waals surface area contributed by atoms with Gasteiger partial charge in [-0.15, -0.1) is 0 Å². The highest BCUT2D eigenvalue weighted by Gasteiger charge is 2.07. The molecule has 0 aliphatic rings. The number of aromatic amines is 1. The number of benzene rings is 2. The molecule has 2 aromatic carbocycles. The molecule has 0 saturated carbocycles. The van der Waals surface area contributed by atoms with Crippen molar-refractivity contribution in [2.24, 2.45) is 0 Å². The van der Waals surface area contributed by atoms with Gasteiger partial charge in [-0.1, -0.05) is 29.8 Å². The zero-order valence-corrected chi connectivity index (χ0v) is 16.1. The van der Waals surface area contributed by atoms with E-state index in [-0.39, 0.29) is 0 Å². The lowest BCUT2D eigenvalue weighted by atomic mass is 10.1. The summed E-state index contributed by atoms with van der Waals surface area (Å²) < 4.78 is 5.36. The quantitative estimate of drug-likeness (QED) is 0.411. The Bertz CT molecular complexity index is 1100. The first-order valence-electron chi connectivity index (χ1n) is 8.95. The van der Waals surface area contributed by atoms with Crippen molar-refractivity contribution in [1.29, 1.82) is 0 Å². The fraction of sp³-hybridized carbons (Fsp3) is 0.143. The van der Waals surface area contributed by atoms with Gasteiger partial charge < -0.3 is 20.4 Å². The molecule has 0 bridgehead atoms. The van der Waals surface area contributed by atoms with E-state index in [9.17, 15) is 0 Å². The zero-order chi connectivity index (χ0) is 19.3. The van der Waals surface area contributed by atoms with Gasteiger partial charge in [-0.3, -0.25) is 0 Å². The number of ether oxygens (including phenoxy) is 1. The van der Waals surface area contributed by atoms with Gasteiger partial charge in [0.25, 0.3) is 0 Å². The number of anilines is 3. The van der Waals surface area contributed by atoms with E-state index in [1.165, 1.54) is 10.9 Å². The lowest BCUT2D eigenvalue weighted by Crippen LogP contribution is -2.08. The predicted molar refractivity (Wildman–Crippen MR) is 114 cm³/mol. The molecule has 0 saturated heterocycles. The number of aromatic nitrogens is 3. The molecule has 6 nitrogen and oxygen atoms in total. The van der Waals surface area contributed by atoms with E-state index in [0.29, 0.717) is 22.5 Å². The molecule has 3 N–H and O–H groups in total. The van der Waals surface area contributed by atoms with Crippen LogP contribution in [-0.4, -0.2) is 28.6 Å². The minimum Gasteiger partial charge on any atom is -0.495 e. The summed E-state index contributed by atoms with van der Waals surface area (Å²) in [5.74, 6) is 1.91. The van der Waals surface area contributed by atoms with E-state index in [4.69, 9.17) is 16.3 Å². The molecule has 2 aromatic heterocycles. The summed E-state index contributed by atoms with van der Waals surface area (Å²) in [5, 5.41) is 8.37. The molecule has 0 amide bonds. The molecular formula is C21H20ClN5O. The number of para-hydroxylation sites is 1. The number of H-pyrrole nitrogens is 1. The van der Waals surface area contributed by atoms with Crippen LogP contribution in [0.2, 0.25) is 5.02 Å². The lowest BCUT2D eigenvalue weighted by molar-refractivity contribution is 0.417. The molecule has 0 spiro atoms. The number of hydrogen-bond acceptors (Lipinski definition) is 5. The van der Waals surface area contributed by atoms with Gasteiger partial charge in [0.2, 0.25) is 5.95 Å². The average molecular weight is 394 g/mol. The van der Waals surface area contributed by atoms with Crippen molar-refractivity contribution in [2.75, 3.05) is 24.3 Å². The van der Waals surface area contributed by atoms with Crippen molar-refractivity contribution >= 4 is 40.0 Å². The molecule has 0 fully saturated rings. The van der Waals surface area contributed by atoms with Gasteiger partial charge in [0.05, 0.1) is 12.8 Å². The van der Waals surface area contributed by atoms with Gasteiger partial charge in [0, 0.05) is 34.9 Å². The third-order valence-electron chi connectivity index (χ3n) is 4.43. The van der Waals surface area contributed by atoms with Gasteiger partial charge in [-0.25, -0.2) is 4.98 Å². The molecule has 142 valence electrons. The predicted octanol–water partition coefficient (Wildman–Crippen LogP) is 5.02. The van der Waals surface area contributed by atoms with Gasteiger partial charge in [0.15, 0.2) is 0 Å². The summed E-state index contributed by atoms with van der Waals surface area (Å²) in [7, 11) is 1.62. The first-order valence-corrected chi connectivity index (χ1v) is 9.33. The molecule has 0 aliphatic carbocycles. The van der Waals surface area contributed by atoms with Gasteiger partial charge in [0.1, 0.15) is 11.6 Å². The summed E-state index contributed by atoms with van der Waals surface area (Å²) in [5.41, 5.74) is 3.16. The minimum atomic E-state index is 0.561. The van der Waals surface area contributed by atoms with E-state index in [1.807, 2.05) is 12.1 Å². The Balaban J connectivity index is 1.42. The van der Waals surface area contributed by atoms with Gasteiger partial charge >= 0.3 is 0 Å². The Morgan fingerprint density at radius 2 is 2.04 bits per heavy atom. The second-order valence-corrected chi connectivity index (χ2v) is 6.71. The molecule has 0 unspecified atom stereocenters. The monoisotopic (exact) mass is 393 g/mol. The molecule has 2 heterocycles. The van der Waals surface area contributed by atoms with E-state index in [2.05, 4.69) is 50.0 Å². The molecule has 28 heavy (non-hydrogen) atoms. The van der Waals surface area contributed by atoms with Crippen molar-refractivity contribution in [3.8, 4) is 5.75 Å². The number of nitrogens with one attached hydrogen (secondary N) is 3. The number of halogens is 1. The highest BCUT2D eigenvalue weighted by atomic mass is 35.5. The smallest absolute Gasteiger partial charge is 0.224 e. The normalized spacial score (nSPS) is 10.8. The Morgan fingerprint density at radius 3 is 2.93 bits per heavy atom. The standard InChI is InChI=1S/C21H20ClN5O/c1-28-19-7-6-15(22)12-18(19)26-20-9-11-24-21(27-20)23-10-8-14-13-25-17-5-3-2-4-16(14)17/h2-7,9,11-13,25H,8,10H2,1H3,(H2,23,24,26,27). The van der Waals surface area contributed by atoms with Crippen molar-refractivity contribution < 1.29 is 4.74 Å². The van der Waals surface area contributed by atoms with E-state index in [1.54, 1.807) is 31.5 Å². The summed E-state index contributed by atoms with van der Waals surface area (Å²) in [6.45, 7) is 0.728. The van der Waals surface area contributed by atoms with Crippen LogP contribution in [0.1, 0.15) is 5.56 Å². The van der Waals surface area contributed by atoms with Crippen LogP contribution in [0.25, 0.3) is 10.9 Å². The fourth-order valence-corrected chi connectivity index (χ4v) is 3.25. The SMILES string of the molecule is COc1ccc(Cl)cc1Nc1ccnc(NCCc2c[nH]c3ccccc23)n1. The minimum absolute atomic E-state index is 0.561. The van der Waals surface area contributed by atoms with Crippen LogP contribution in [0.3, 0.4) is 0 Å². The highest BCUT2D eigenvalue weighted by molar-refractivity contribution is 6.31. The van der Waals surface area contributed by atoms with Gasteiger partial charge in [-0.05, 0) is 42.3 Å². The lowest BCUT2D eigenvalue weighted by Gasteiger charge is -2.12. The van der Waals surface area contributed by atoms with Crippen molar-refractivity contribution in [3.05, 3.63) is 71.5 Å². The Labute approximate surface area is 167 Å². The maximum absolute atomic E-state index is 6.09. The number of fused-ring (bicyclic) bond motifs is 1. The largest absolute Gasteiger partial charge is 0.495 e. The molecule has 4 rings (SSSR count). The molecule has 0 atom stereocenters. The van der Waals surface area contributed by atoms with Crippen LogP contribution < -0.4 is 15.4 Å². The number of methoxy groups -OCH3 is 1. The van der Waals surface area contributed by atoms with Crippen LogP contribution in [0.15, 0.2) is 60.9 Å². The van der Waals surface area contributed by atoms with Crippen LogP contribution in [0, 0.1) is 0 Å². The summed E-state index contributed by atoms with van der Waals surface area (Å²) in [4.78, 5) is 12.1. The third kappa shape index (κ3) is 4.02. The van der Waals surface area contributed by atoms with Crippen LogP contribution >= 0.6 is 11.6 Å². The molecule has 7 heteroatoms. The maximum Gasteiger partial charge on any atom is 0.224 e. The zero-order valence-electron chi connectivity index (χ0n) is 15.4. The highest BCUT2D eigenvalue weighted by Crippen LogP contribution is 2.30. The van der Waals surface area contributed by atoms with Crippen molar-refractivity contribution in [2.45, 2.75) is 6.42 Å². The first kappa shape index (κ1) is 18.1. The van der Waals surface area contributed by atoms with E-state index < -0.39 is 0 Å². The van der Waals surface area contributed by atoms with E-state index in [0.717, 1.165) is 24.2 Å². The number of hydrogen-bond donors (Lipinski definition) is 3. The first-order chi connectivity index (χ1) is 13.7. The average Bonchev–Trinajstić information content (AvgIpc) is 3.12. The fourth-order valence-electron chi connectivity index (χ4n) is 3.08. The van der Waals surface area contributed by atoms with Crippen molar-refractivity contribution in [1.82, 2.24) is 15.0 Å². The van der Waals surface area contributed by atoms with Crippen LogP contribution in [-0.2, 0) is 6.42 Å². The third-order valence-corrected chi connectivity index (χ3v) is 4.67. The Hall–Kier alpha value is -3.25. The van der Waals surface area contributed by atoms with Crippen LogP contribution in [0.5, 0.6) is 5.75 Å². The van der Waals surface area contributed by atoms with Gasteiger partial charge in [-0.2, -0.15) is 4.98 Å². The maximum atomic E-state index is 6.09. The second kappa shape index (κ2) is 8.19.